The van der Waals surface area contributed by atoms with E-state index in [2.05, 4.69) is 17.1 Å². The molecular weight excluding hydrogens is 366 g/mol. The third kappa shape index (κ3) is 4.87. The summed E-state index contributed by atoms with van der Waals surface area (Å²) in [5.41, 5.74) is 1.15. The number of aryl methyl sites for hydroxylation is 1. The lowest BCUT2D eigenvalue weighted by Crippen LogP contribution is -2.51. The van der Waals surface area contributed by atoms with Crippen molar-refractivity contribution < 1.29 is 14.3 Å². The number of nitrogens with zero attached hydrogens (tertiary/aromatic N) is 3. The third-order valence-corrected chi connectivity index (χ3v) is 6.35. The molecule has 1 atom stereocenters. The number of carbonyl (C=O) groups excluding carboxylic acids is 1. The van der Waals surface area contributed by atoms with Crippen LogP contribution in [0.25, 0.3) is 0 Å². The van der Waals surface area contributed by atoms with Gasteiger partial charge in [-0.1, -0.05) is 30.3 Å². The lowest BCUT2D eigenvalue weighted by Gasteiger charge is -2.46. The van der Waals surface area contributed by atoms with E-state index in [1.165, 1.54) is 5.56 Å². The second-order valence-electron chi connectivity index (χ2n) is 8.37. The van der Waals surface area contributed by atoms with Crippen molar-refractivity contribution in [2.24, 2.45) is 13.0 Å². The number of piperidine rings is 1. The zero-order valence-electron chi connectivity index (χ0n) is 17.3. The Balaban J connectivity index is 1.23. The molecule has 0 aliphatic carbocycles. The molecule has 2 fully saturated rings. The topological polar surface area (TPSA) is 56.6 Å². The molecule has 1 aromatic carbocycles. The van der Waals surface area contributed by atoms with E-state index in [-0.39, 0.29) is 11.5 Å². The van der Waals surface area contributed by atoms with Crippen LogP contribution >= 0.6 is 0 Å². The van der Waals surface area contributed by atoms with Gasteiger partial charge >= 0.3 is 0 Å². The van der Waals surface area contributed by atoms with Crippen molar-refractivity contribution in [2.45, 2.75) is 44.3 Å². The highest BCUT2D eigenvalue weighted by Gasteiger charge is 2.41. The Hall–Kier alpha value is -2.18. The fourth-order valence-corrected chi connectivity index (χ4v) is 4.57. The van der Waals surface area contributed by atoms with Gasteiger partial charge in [-0.05, 0) is 43.6 Å². The summed E-state index contributed by atoms with van der Waals surface area (Å²) in [7, 11) is 1.86. The molecule has 156 valence electrons. The SMILES string of the molecule is Cn1ccnc1C(=O)N1CCC2(CC1)CC(CCOCc1ccccc1)CCO2. The minimum absolute atomic E-state index is 0.0222. The van der Waals surface area contributed by atoms with Gasteiger partial charge in [0, 0.05) is 45.7 Å². The second-order valence-corrected chi connectivity index (χ2v) is 8.37. The molecule has 2 aliphatic rings. The molecule has 0 radical (unpaired) electrons. The number of benzene rings is 1. The number of hydrogen-bond donors (Lipinski definition) is 0. The third-order valence-electron chi connectivity index (χ3n) is 6.35. The van der Waals surface area contributed by atoms with Crippen LogP contribution in [0.3, 0.4) is 0 Å². The van der Waals surface area contributed by atoms with Gasteiger partial charge in [0.15, 0.2) is 5.82 Å². The first-order valence-corrected chi connectivity index (χ1v) is 10.7. The lowest BCUT2D eigenvalue weighted by molar-refractivity contribution is -0.126. The van der Waals surface area contributed by atoms with Crippen molar-refractivity contribution in [1.29, 1.82) is 0 Å². The summed E-state index contributed by atoms with van der Waals surface area (Å²) >= 11 is 0. The van der Waals surface area contributed by atoms with Crippen LogP contribution in [0, 0.1) is 5.92 Å². The molecule has 1 unspecified atom stereocenters. The highest BCUT2D eigenvalue weighted by atomic mass is 16.5. The lowest BCUT2D eigenvalue weighted by atomic mass is 9.78. The molecule has 29 heavy (non-hydrogen) atoms. The minimum atomic E-state index is -0.0687. The van der Waals surface area contributed by atoms with Crippen LogP contribution < -0.4 is 0 Å². The zero-order chi connectivity index (χ0) is 20.1. The number of carbonyl (C=O) groups is 1. The van der Waals surface area contributed by atoms with Crippen LogP contribution in [-0.4, -0.2) is 52.3 Å². The van der Waals surface area contributed by atoms with Crippen molar-refractivity contribution >= 4 is 5.91 Å². The van der Waals surface area contributed by atoms with Gasteiger partial charge in [-0.25, -0.2) is 4.98 Å². The van der Waals surface area contributed by atoms with E-state index in [1.807, 2.05) is 36.3 Å². The summed E-state index contributed by atoms with van der Waals surface area (Å²) in [6, 6.07) is 10.3. The Morgan fingerprint density at radius 1 is 1.28 bits per heavy atom. The molecule has 6 nitrogen and oxygen atoms in total. The predicted octanol–water partition coefficient (Wildman–Crippen LogP) is 3.43. The molecule has 4 rings (SSSR count). The summed E-state index contributed by atoms with van der Waals surface area (Å²) < 4.78 is 13.9. The molecular formula is C23H31N3O3. The standard InChI is InChI=1S/C23H31N3O3/c1-25-14-11-24-21(25)22(27)26-12-9-23(10-13-26)17-19(8-16-29-23)7-15-28-18-20-5-3-2-4-6-20/h2-6,11,14,19H,7-10,12-13,15-18H2,1H3. The Bertz CT molecular complexity index is 797. The van der Waals surface area contributed by atoms with E-state index in [0.717, 1.165) is 58.4 Å². The van der Waals surface area contributed by atoms with Gasteiger partial charge in [0.2, 0.25) is 0 Å². The van der Waals surface area contributed by atoms with Crippen LogP contribution in [0.4, 0.5) is 0 Å². The smallest absolute Gasteiger partial charge is 0.289 e. The summed E-state index contributed by atoms with van der Waals surface area (Å²) in [4.78, 5) is 18.8. The molecule has 6 heteroatoms. The Morgan fingerprint density at radius 2 is 2.07 bits per heavy atom. The maximum Gasteiger partial charge on any atom is 0.289 e. The fourth-order valence-electron chi connectivity index (χ4n) is 4.57. The van der Waals surface area contributed by atoms with Gasteiger partial charge in [0.1, 0.15) is 0 Å². The fraction of sp³-hybridized carbons (Fsp3) is 0.565. The first kappa shape index (κ1) is 20.1. The number of aromatic nitrogens is 2. The van der Waals surface area contributed by atoms with Gasteiger partial charge in [-0.3, -0.25) is 4.79 Å². The van der Waals surface area contributed by atoms with E-state index in [0.29, 0.717) is 18.3 Å². The average Bonchev–Trinajstić information content (AvgIpc) is 3.18. The summed E-state index contributed by atoms with van der Waals surface area (Å²) in [5, 5.41) is 0. The monoisotopic (exact) mass is 397 g/mol. The van der Waals surface area contributed by atoms with Crippen LogP contribution in [0.15, 0.2) is 42.7 Å². The van der Waals surface area contributed by atoms with Crippen molar-refractivity contribution in [3.63, 3.8) is 0 Å². The van der Waals surface area contributed by atoms with Crippen molar-refractivity contribution in [3.8, 4) is 0 Å². The molecule has 3 heterocycles. The van der Waals surface area contributed by atoms with Crippen LogP contribution in [-0.2, 0) is 23.1 Å². The molecule has 0 N–H and O–H groups in total. The summed E-state index contributed by atoms with van der Waals surface area (Å²) in [5.74, 6) is 1.17. The van der Waals surface area contributed by atoms with Gasteiger partial charge in [0.05, 0.1) is 12.2 Å². The van der Waals surface area contributed by atoms with E-state index in [4.69, 9.17) is 9.47 Å². The van der Waals surface area contributed by atoms with Crippen LogP contribution in [0.1, 0.15) is 48.3 Å². The Morgan fingerprint density at radius 3 is 2.79 bits per heavy atom. The first-order chi connectivity index (χ1) is 14.2. The molecule has 2 aromatic rings. The Kier molecular flexibility index (Phi) is 6.31. The first-order valence-electron chi connectivity index (χ1n) is 10.7. The maximum atomic E-state index is 12.7. The number of amides is 1. The number of ether oxygens (including phenoxy) is 2. The quantitative estimate of drug-likeness (QED) is 0.701. The number of imidazole rings is 1. The zero-order valence-corrected chi connectivity index (χ0v) is 17.3. The minimum Gasteiger partial charge on any atom is -0.377 e. The predicted molar refractivity (Wildman–Crippen MR) is 110 cm³/mol. The molecule has 1 amide bonds. The van der Waals surface area contributed by atoms with Crippen molar-refractivity contribution in [3.05, 3.63) is 54.1 Å². The van der Waals surface area contributed by atoms with Crippen LogP contribution in [0.2, 0.25) is 0 Å². The van der Waals surface area contributed by atoms with Crippen molar-refractivity contribution in [2.75, 3.05) is 26.3 Å². The van der Waals surface area contributed by atoms with Gasteiger partial charge in [-0.15, -0.1) is 0 Å². The summed E-state index contributed by atoms with van der Waals surface area (Å²) in [6.45, 7) is 3.77. The van der Waals surface area contributed by atoms with E-state index >= 15 is 0 Å². The molecule has 1 spiro atoms. The molecule has 0 bridgehead atoms. The average molecular weight is 398 g/mol. The van der Waals surface area contributed by atoms with Gasteiger partial charge < -0.3 is 18.9 Å². The molecule has 2 aliphatic heterocycles. The number of likely N-dealkylation sites (tertiary alicyclic amines) is 1. The van der Waals surface area contributed by atoms with Gasteiger partial charge in [-0.2, -0.15) is 0 Å². The number of rotatable bonds is 6. The van der Waals surface area contributed by atoms with E-state index in [9.17, 15) is 4.79 Å². The normalized spacial score (nSPS) is 21.4. The highest BCUT2D eigenvalue weighted by molar-refractivity contribution is 5.90. The molecule has 2 saturated heterocycles. The second kappa shape index (κ2) is 9.09. The van der Waals surface area contributed by atoms with Crippen LogP contribution in [0.5, 0.6) is 0 Å². The Labute approximate surface area is 172 Å². The largest absolute Gasteiger partial charge is 0.377 e. The van der Waals surface area contributed by atoms with Crippen molar-refractivity contribution in [1.82, 2.24) is 14.5 Å². The molecule has 0 saturated carbocycles. The number of hydrogen-bond acceptors (Lipinski definition) is 4. The highest BCUT2D eigenvalue weighted by Crippen LogP contribution is 2.39. The van der Waals surface area contributed by atoms with E-state index in [1.54, 1.807) is 10.8 Å². The molecule has 1 aromatic heterocycles. The maximum absolute atomic E-state index is 12.7. The summed E-state index contributed by atoms with van der Waals surface area (Å²) in [6.07, 6.45) is 8.56. The van der Waals surface area contributed by atoms with E-state index < -0.39 is 0 Å². The van der Waals surface area contributed by atoms with Gasteiger partial charge in [0.25, 0.3) is 5.91 Å².